The second-order valence-corrected chi connectivity index (χ2v) is 4.12. The highest BCUT2D eigenvalue weighted by Crippen LogP contribution is 2.03. The molecule has 2 heteroatoms. The van der Waals surface area contributed by atoms with E-state index in [0.717, 1.165) is 13.2 Å². The first-order valence-corrected chi connectivity index (χ1v) is 6.05. The molecule has 2 nitrogen and oxygen atoms in total. The maximum absolute atomic E-state index is 5.48. The molecule has 0 bridgehead atoms. The molecule has 0 aliphatic rings. The molecule has 0 fully saturated rings. The molecule has 0 spiro atoms. The average Bonchev–Trinajstić information content (AvgIpc) is 2.16. The molecule has 0 aromatic rings. The highest BCUT2D eigenvalue weighted by Gasteiger charge is 2.03. The third-order valence-corrected chi connectivity index (χ3v) is 2.39. The van der Waals surface area contributed by atoms with Crippen LogP contribution in [-0.4, -0.2) is 25.3 Å². The quantitative estimate of drug-likeness (QED) is 0.579. The molecule has 0 aromatic heterocycles. The highest BCUT2D eigenvalue weighted by atomic mass is 16.5. The summed E-state index contributed by atoms with van der Waals surface area (Å²) in [5.41, 5.74) is 0. The Bertz CT molecular complexity index is 115. The van der Waals surface area contributed by atoms with Gasteiger partial charge in [-0.05, 0) is 26.7 Å². The molecule has 0 radical (unpaired) electrons. The van der Waals surface area contributed by atoms with E-state index in [4.69, 9.17) is 4.74 Å². The second kappa shape index (κ2) is 9.47. The van der Waals surface area contributed by atoms with Crippen LogP contribution in [0.2, 0.25) is 0 Å². The van der Waals surface area contributed by atoms with Gasteiger partial charge in [0, 0.05) is 12.6 Å². The van der Waals surface area contributed by atoms with Gasteiger partial charge >= 0.3 is 0 Å². The van der Waals surface area contributed by atoms with E-state index in [1.165, 1.54) is 25.7 Å². The van der Waals surface area contributed by atoms with Crippen molar-refractivity contribution in [3.63, 3.8) is 0 Å². The van der Waals surface area contributed by atoms with Crippen molar-refractivity contribution < 1.29 is 4.74 Å². The fourth-order valence-electron chi connectivity index (χ4n) is 1.46. The molecular weight excluding hydrogens is 174 g/mol. The van der Waals surface area contributed by atoms with Crippen LogP contribution in [0, 0.1) is 0 Å². The van der Waals surface area contributed by atoms with Crippen LogP contribution in [-0.2, 0) is 4.74 Å². The topological polar surface area (TPSA) is 21.3 Å². The first-order valence-electron chi connectivity index (χ1n) is 6.05. The van der Waals surface area contributed by atoms with E-state index < -0.39 is 0 Å². The van der Waals surface area contributed by atoms with Crippen molar-refractivity contribution in [3.8, 4) is 0 Å². The van der Waals surface area contributed by atoms with Crippen molar-refractivity contribution in [2.75, 3.05) is 13.2 Å². The second-order valence-electron chi connectivity index (χ2n) is 4.12. The minimum atomic E-state index is 0.354. The predicted octanol–water partition coefficient (Wildman–Crippen LogP) is 2.97. The molecule has 0 amide bonds. The molecular formula is C12H27NO. The van der Waals surface area contributed by atoms with E-state index in [1.54, 1.807) is 0 Å². The lowest BCUT2D eigenvalue weighted by molar-refractivity contribution is 0.0790. The molecule has 1 unspecified atom stereocenters. The number of hydrogen-bond donors (Lipinski definition) is 1. The summed E-state index contributed by atoms with van der Waals surface area (Å²) in [5, 5.41) is 3.53. The zero-order valence-electron chi connectivity index (χ0n) is 10.3. The van der Waals surface area contributed by atoms with Gasteiger partial charge < -0.3 is 10.1 Å². The van der Waals surface area contributed by atoms with Crippen LogP contribution in [0.5, 0.6) is 0 Å². The Hall–Kier alpha value is -0.0800. The summed E-state index contributed by atoms with van der Waals surface area (Å²) < 4.78 is 5.48. The molecule has 86 valence electrons. The first kappa shape index (κ1) is 13.9. The number of unbranched alkanes of at least 4 members (excludes halogenated alkanes) is 1. The zero-order valence-corrected chi connectivity index (χ0v) is 10.3. The van der Waals surface area contributed by atoms with E-state index in [2.05, 4.69) is 33.0 Å². The van der Waals surface area contributed by atoms with E-state index >= 15 is 0 Å². The van der Waals surface area contributed by atoms with Gasteiger partial charge in [0.1, 0.15) is 0 Å². The summed E-state index contributed by atoms with van der Waals surface area (Å²) in [4.78, 5) is 0. The summed E-state index contributed by atoms with van der Waals surface area (Å²) in [6.45, 7) is 10.5. The third-order valence-electron chi connectivity index (χ3n) is 2.39. The van der Waals surface area contributed by atoms with E-state index in [9.17, 15) is 0 Å². The number of hydrogen-bond acceptors (Lipinski definition) is 2. The fraction of sp³-hybridized carbons (Fsp3) is 1.00. The smallest absolute Gasteiger partial charge is 0.0594 e. The largest absolute Gasteiger partial charge is 0.377 e. The lowest BCUT2D eigenvalue weighted by Gasteiger charge is -2.17. The molecule has 0 aromatic carbocycles. The molecule has 1 N–H and O–H groups in total. The van der Waals surface area contributed by atoms with E-state index in [0.29, 0.717) is 12.1 Å². The minimum absolute atomic E-state index is 0.354. The van der Waals surface area contributed by atoms with Crippen LogP contribution in [0.3, 0.4) is 0 Å². The third kappa shape index (κ3) is 8.52. The standard InChI is InChI=1S/C12H27NO/c1-5-7-8-12(6-2)13-9-10-14-11(3)4/h11-13H,5-10H2,1-4H3. The Morgan fingerprint density at radius 1 is 1.21 bits per heavy atom. The molecule has 0 saturated heterocycles. The lowest BCUT2D eigenvalue weighted by atomic mass is 10.1. The van der Waals surface area contributed by atoms with Crippen molar-refractivity contribution in [2.45, 2.75) is 65.5 Å². The van der Waals surface area contributed by atoms with Gasteiger partial charge in [-0.1, -0.05) is 26.7 Å². The molecule has 0 aliphatic heterocycles. The number of rotatable bonds is 9. The van der Waals surface area contributed by atoms with E-state index in [-0.39, 0.29) is 0 Å². The Kier molecular flexibility index (Phi) is 9.42. The average molecular weight is 201 g/mol. The van der Waals surface area contributed by atoms with Crippen molar-refractivity contribution >= 4 is 0 Å². The normalized spacial score (nSPS) is 13.5. The summed E-state index contributed by atoms with van der Waals surface area (Å²) in [6.07, 6.45) is 5.50. The van der Waals surface area contributed by atoms with Crippen molar-refractivity contribution in [3.05, 3.63) is 0 Å². The molecule has 14 heavy (non-hydrogen) atoms. The Labute approximate surface area is 89.4 Å². The zero-order chi connectivity index (χ0) is 10.8. The molecule has 0 aliphatic carbocycles. The summed E-state index contributed by atoms with van der Waals surface area (Å²) >= 11 is 0. The monoisotopic (exact) mass is 201 g/mol. The maximum atomic E-state index is 5.48. The Balaban J connectivity index is 3.33. The van der Waals surface area contributed by atoms with Gasteiger partial charge in [0.2, 0.25) is 0 Å². The van der Waals surface area contributed by atoms with Crippen LogP contribution in [0.15, 0.2) is 0 Å². The minimum Gasteiger partial charge on any atom is -0.377 e. The SMILES string of the molecule is CCCCC(CC)NCCOC(C)C. The van der Waals surface area contributed by atoms with Crippen molar-refractivity contribution in [2.24, 2.45) is 0 Å². The van der Waals surface area contributed by atoms with Gasteiger partial charge in [0.05, 0.1) is 12.7 Å². The maximum Gasteiger partial charge on any atom is 0.0594 e. The lowest BCUT2D eigenvalue weighted by Crippen LogP contribution is -2.31. The van der Waals surface area contributed by atoms with Gasteiger partial charge in [-0.25, -0.2) is 0 Å². The van der Waals surface area contributed by atoms with Crippen LogP contribution >= 0.6 is 0 Å². The van der Waals surface area contributed by atoms with Gasteiger partial charge in [0.15, 0.2) is 0 Å². The molecule has 1 atom stereocenters. The summed E-state index contributed by atoms with van der Waals surface area (Å²) in [7, 11) is 0. The van der Waals surface area contributed by atoms with Crippen LogP contribution in [0.25, 0.3) is 0 Å². The van der Waals surface area contributed by atoms with Crippen molar-refractivity contribution in [1.82, 2.24) is 5.32 Å². The molecule has 0 rings (SSSR count). The van der Waals surface area contributed by atoms with Gasteiger partial charge in [0.25, 0.3) is 0 Å². The molecule has 0 heterocycles. The highest BCUT2D eigenvalue weighted by molar-refractivity contribution is 4.64. The van der Waals surface area contributed by atoms with Gasteiger partial charge in [-0.2, -0.15) is 0 Å². The first-order chi connectivity index (χ1) is 6.70. The van der Waals surface area contributed by atoms with Crippen molar-refractivity contribution in [1.29, 1.82) is 0 Å². The predicted molar refractivity (Wildman–Crippen MR) is 62.7 cm³/mol. The fourth-order valence-corrected chi connectivity index (χ4v) is 1.46. The molecule has 0 saturated carbocycles. The van der Waals surface area contributed by atoms with Crippen LogP contribution < -0.4 is 5.32 Å². The number of ether oxygens (including phenoxy) is 1. The summed E-state index contributed by atoms with van der Waals surface area (Å²) in [6, 6.07) is 0.686. The van der Waals surface area contributed by atoms with Crippen LogP contribution in [0.1, 0.15) is 53.4 Å². The van der Waals surface area contributed by atoms with Gasteiger partial charge in [-0.3, -0.25) is 0 Å². The Morgan fingerprint density at radius 2 is 1.93 bits per heavy atom. The van der Waals surface area contributed by atoms with E-state index in [1.807, 2.05) is 0 Å². The Morgan fingerprint density at radius 3 is 2.43 bits per heavy atom. The number of nitrogens with one attached hydrogen (secondary N) is 1. The van der Waals surface area contributed by atoms with Crippen LogP contribution in [0.4, 0.5) is 0 Å². The van der Waals surface area contributed by atoms with Gasteiger partial charge in [-0.15, -0.1) is 0 Å². The summed E-state index contributed by atoms with van der Waals surface area (Å²) in [5.74, 6) is 0.